The highest BCUT2D eigenvalue weighted by molar-refractivity contribution is 5.76. The molecule has 0 bridgehead atoms. The van der Waals surface area contributed by atoms with Crippen LogP contribution in [0.15, 0.2) is 18.3 Å². The molecule has 0 aliphatic rings. The fraction of sp³-hybridized carbons (Fsp3) is 0.538. The van der Waals surface area contributed by atoms with Crippen LogP contribution in [0.4, 0.5) is 5.82 Å². The minimum atomic E-state index is 0.0942. The molecule has 94 valence electrons. The number of nitrogens with zero attached hydrogens (tertiary/aromatic N) is 2. The molecule has 0 aromatic carbocycles. The van der Waals surface area contributed by atoms with Gasteiger partial charge in [0.1, 0.15) is 5.82 Å². The molecule has 0 saturated heterocycles. The van der Waals surface area contributed by atoms with Crippen LogP contribution in [-0.2, 0) is 11.3 Å². The number of hydrogen-bond donors (Lipinski definition) is 1. The van der Waals surface area contributed by atoms with Gasteiger partial charge in [-0.05, 0) is 17.5 Å². The molecule has 0 unspecified atom stereocenters. The molecule has 1 heterocycles. The molecule has 17 heavy (non-hydrogen) atoms. The molecule has 1 N–H and O–H groups in total. The van der Waals surface area contributed by atoms with Crippen molar-refractivity contribution in [2.24, 2.45) is 5.92 Å². The van der Waals surface area contributed by atoms with Gasteiger partial charge in [0, 0.05) is 33.3 Å². The molecule has 0 atom stereocenters. The van der Waals surface area contributed by atoms with Crippen molar-refractivity contribution in [3.8, 4) is 0 Å². The smallest absolute Gasteiger partial charge is 0.220 e. The summed E-state index contributed by atoms with van der Waals surface area (Å²) in [5, 5.41) is 2.89. The van der Waals surface area contributed by atoms with Crippen molar-refractivity contribution < 1.29 is 4.79 Å². The van der Waals surface area contributed by atoms with Gasteiger partial charge in [0.15, 0.2) is 0 Å². The van der Waals surface area contributed by atoms with E-state index in [-0.39, 0.29) is 5.91 Å². The lowest BCUT2D eigenvalue weighted by Gasteiger charge is -2.11. The van der Waals surface area contributed by atoms with Gasteiger partial charge < -0.3 is 10.2 Å². The summed E-state index contributed by atoms with van der Waals surface area (Å²) in [6.45, 7) is 4.62. The quantitative estimate of drug-likeness (QED) is 0.846. The van der Waals surface area contributed by atoms with Crippen LogP contribution >= 0.6 is 0 Å². The van der Waals surface area contributed by atoms with E-state index in [4.69, 9.17) is 0 Å². The molecule has 0 spiro atoms. The normalized spacial score (nSPS) is 10.4. The van der Waals surface area contributed by atoms with Crippen LogP contribution in [0.25, 0.3) is 0 Å². The van der Waals surface area contributed by atoms with Gasteiger partial charge in [-0.3, -0.25) is 4.79 Å². The Bertz CT molecular complexity index is 357. The van der Waals surface area contributed by atoms with E-state index in [0.717, 1.165) is 11.4 Å². The Morgan fingerprint density at radius 2 is 2.12 bits per heavy atom. The van der Waals surface area contributed by atoms with Crippen molar-refractivity contribution in [2.45, 2.75) is 26.8 Å². The highest BCUT2D eigenvalue weighted by Gasteiger charge is 2.04. The number of amides is 1. The van der Waals surface area contributed by atoms with Gasteiger partial charge in [-0.1, -0.05) is 19.9 Å². The van der Waals surface area contributed by atoms with E-state index >= 15 is 0 Å². The fourth-order valence-corrected chi connectivity index (χ4v) is 1.43. The Labute approximate surface area is 103 Å². The second kappa shape index (κ2) is 6.23. The first-order chi connectivity index (χ1) is 7.99. The predicted octanol–water partition coefficient (Wildman–Crippen LogP) is 1.81. The summed E-state index contributed by atoms with van der Waals surface area (Å²) in [7, 11) is 3.90. The second-order valence-corrected chi connectivity index (χ2v) is 4.79. The minimum Gasteiger partial charge on any atom is -0.363 e. The number of nitrogens with one attached hydrogen (secondary N) is 1. The summed E-state index contributed by atoms with van der Waals surface area (Å²) in [5.41, 5.74) is 1.02. The van der Waals surface area contributed by atoms with Crippen molar-refractivity contribution in [1.82, 2.24) is 10.3 Å². The summed E-state index contributed by atoms with van der Waals surface area (Å²) >= 11 is 0. The van der Waals surface area contributed by atoms with Gasteiger partial charge in [-0.25, -0.2) is 4.98 Å². The molecular weight excluding hydrogens is 214 g/mol. The highest BCUT2D eigenvalue weighted by Crippen LogP contribution is 2.07. The molecule has 4 heteroatoms. The lowest BCUT2D eigenvalue weighted by atomic mass is 10.1. The van der Waals surface area contributed by atoms with Gasteiger partial charge in [0.2, 0.25) is 5.91 Å². The zero-order valence-electron chi connectivity index (χ0n) is 11.0. The van der Waals surface area contributed by atoms with Gasteiger partial charge in [-0.2, -0.15) is 0 Å². The minimum absolute atomic E-state index is 0.0942. The molecule has 1 rings (SSSR count). The maximum atomic E-state index is 11.5. The van der Waals surface area contributed by atoms with Crippen LogP contribution in [0.5, 0.6) is 0 Å². The molecule has 0 aliphatic heterocycles. The van der Waals surface area contributed by atoms with E-state index in [0.29, 0.717) is 18.9 Å². The topological polar surface area (TPSA) is 45.2 Å². The SMILES string of the molecule is CC(C)CC(=O)NCc1ccc(N(C)C)nc1. The molecular formula is C13H21N3O. The van der Waals surface area contributed by atoms with Crippen molar-refractivity contribution in [3.05, 3.63) is 23.9 Å². The zero-order valence-corrected chi connectivity index (χ0v) is 11.0. The number of hydrogen-bond acceptors (Lipinski definition) is 3. The average molecular weight is 235 g/mol. The van der Waals surface area contributed by atoms with Crippen molar-refractivity contribution >= 4 is 11.7 Å². The third-order valence-electron chi connectivity index (χ3n) is 2.35. The third kappa shape index (κ3) is 4.85. The average Bonchev–Trinajstić information content (AvgIpc) is 2.26. The summed E-state index contributed by atoms with van der Waals surface area (Å²) in [5.74, 6) is 1.41. The van der Waals surface area contributed by atoms with E-state index < -0.39 is 0 Å². The largest absolute Gasteiger partial charge is 0.363 e. The van der Waals surface area contributed by atoms with Crippen LogP contribution in [0, 0.1) is 5.92 Å². The number of carbonyl (C=O) groups excluding carboxylic acids is 1. The number of pyridine rings is 1. The van der Waals surface area contributed by atoms with Gasteiger partial charge in [0.25, 0.3) is 0 Å². The van der Waals surface area contributed by atoms with E-state index in [2.05, 4.69) is 10.3 Å². The summed E-state index contributed by atoms with van der Waals surface area (Å²) < 4.78 is 0. The first-order valence-electron chi connectivity index (χ1n) is 5.88. The predicted molar refractivity (Wildman–Crippen MR) is 69.9 cm³/mol. The van der Waals surface area contributed by atoms with E-state index in [1.165, 1.54) is 0 Å². The summed E-state index contributed by atoms with van der Waals surface area (Å²) in [6, 6.07) is 3.93. The third-order valence-corrected chi connectivity index (χ3v) is 2.35. The Morgan fingerprint density at radius 1 is 1.41 bits per heavy atom. The Balaban J connectivity index is 2.44. The van der Waals surface area contributed by atoms with Gasteiger partial charge >= 0.3 is 0 Å². The standard InChI is InChI=1S/C13H21N3O/c1-10(2)7-13(17)15-9-11-5-6-12(14-8-11)16(3)4/h5-6,8,10H,7,9H2,1-4H3,(H,15,17). The highest BCUT2D eigenvalue weighted by atomic mass is 16.1. The van der Waals surface area contributed by atoms with E-state index in [1.807, 2.05) is 45.0 Å². The molecule has 1 aromatic rings. The molecule has 0 fully saturated rings. The van der Waals surface area contributed by atoms with Crippen molar-refractivity contribution in [2.75, 3.05) is 19.0 Å². The second-order valence-electron chi connectivity index (χ2n) is 4.79. The first-order valence-corrected chi connectivity index (χ1v) is 5.88. The maximum absolute atomic E-state index is 11.5. The first kappa shape index (κ1) is 13.5. The van der Waals surface area contributed by atoms with Crippen LogP contribution in [-0.4, -0.2) is 25.0 Å². The molecule has 0 aliphatic carbocycles. The fourth-order valence-electron chi connectivity index (χ4n) is 1.43. The Kier molecular flexibility index (Phi) is 4.94. The number of aromatic nitrogens is 1. The molecule has 1 amide bonds. The lowest BCUT2D eigenvalue weighted by molar-refractivity contribution is -0.121. The molecule has 4 nitrogen and oxygen atoms in total. The Morgan fingerprint density at radius 3 is 2.59 bits per heavy atom. The lowest BCUT2D eigenvalue weighted by Crippen LogP contribution is -2.24. The van der Waals surface area contributed by atoms with Gasteiger partial charge in [0.05, 0.1) is 0 Å². The number of carbonyl (C=O) groups is 1. The van der Waals surface area contributed by atoms with Crippen molar-refractivity contribution in [3.63, 3.8) is 0 Å². The number of anilines is 1. The van der Waals surface area contributed by atoms with E-state index in [9.17, 15) is 4.79 Å². The van der Waals surface area contributed by atoms with Crippen LogP contribution in [0.2, 0.25) is 0 Å². The van der Waals surface area contributed by atoms with Crippen molar-refractivity contribution in [1.29, 1.82) is 0 Å². The van der Waals surface area contributed by atoms with Crippen LogP contribution in [0.3, 0.4) is 0 Å². The molecule has 0 saturated carbocycles. The monoisotopic (exact) mass is 235 g/mol. The summed E-state index contributed by atoms with van der Waals surface area (Å²) in [4.78, 5) is 17.7. The number of rotatable bonds is 5. The van der Waals surface area contributed by atoms with Gasteiger partial charge in [-0.15, -0.1) is 0 Å². The van der Waals surface area contributed by atoms with E-state index in [1.54, 1.807) is 6.20 Å². The zero-order chi connectivity index (χ0) is 12.8. The molecule has 0 radical (unpaired) electrons. The molecule has 1 aromatic heterocycles. The maximum Gasteiger partial charge on any atom is 0.220 e. The summed E-state index contributed by atoms with van der Waals surface area (Å²) in [6.07, 6.45) is 2.37. The Hall–Kier alpha value is -1.58. The van der Waals surface area contributed by atoms with Crippen LogP contribution < -0.4 is 10.2 Å². The van der Waals surface area contributed by atoms with Crippen LogP contribution in [0.1, 0.15) is 25.8 Å².